The van der Waals surface area contributed by atoms with Crippen molar-refractivity contribution in [1.82, 2.24) is 4.57 Å². The predicted octanol–water partition coefficient (Wildman–Crippen LogP) is 1.69. The van der Waals surface area contributed by atoms with Crippen LogP contribution in [0.4, 0.5) is 0 Å². The van der Waals surface area contributed by atoms with E-state index in [-0.39, 0.29) is 29.4 Å². The van der Waals surface area contributed by atoms with Crippen LogP contribution < -0.4 is 10.3 Å². The summed E-state index contributed by atoms with van der Waals surface area (Å²) < 4.78 is 11.5. The van der Waals surface area contributed by atoms with Gasteiger partial charge in [0.05, 0.1) is 13.7 Å². The van der Waals surface area contributed by atoms with E-state index < -0.39 is 5.97 Å². The number of carbonyl (C=O) groups excluding carboxylic acids is 1. The lowest BCUT2D eigenvalue weighted by Gasteiger charge is -2.15. The molecule has 0 bridgehead atoms. The highest BCUT2D eigenvalue weighted by Gasteiger charge is 2.21. The number of carbonyl (C=O) groups is 1. The van der Waals surface area contributed by atoms with Gasteiger partial charge in [0.15, 0.2) is 5.75 Å². The van der Waals surface area contributed by atoms with Crippen molar-refractivity contribution < 1.29 is 14.3 Å². The van der Waals surface area contributed by atoms with Gasteiger partial charge < -0.3 is 14.0 Å². The zero-order valence-electron chi connectivity index (χ0n) is 11.4. The number of ether oxygens (including phenoxy) is 2. The van der Waals surface area contributed by atoms with Crippen LogP contribution in [0.5, 0.6) is 5.75 Å². The van der Waals surface area contributed by atoms with E-state index in [0.717, 1.165) is 5.69 Å². The van der Waals surface area contributed by atoms with E-state index in [1.807, 2.05) is 13.8 Å². The Morgan fingerprint density at radius 3 is 2.50 bits per heavy atom. The molecule has 1 rings (SSSR count). The first kappa shape index (κ1) is 14.3. The monoisotopic (exact) mass is 253 g/mol. The highest BCUT2D eigenvalue weighted by molar-refractivity contribution is 5.92. The highest BCUT2D eigenvalue weighted by Crippen LogP contribution is 2.20. The molecule has 0 unspecified atom stereocenters. The van der Waals surface area contributed by atoms with Crippen LogP contribution in [0.3, 0.4) is 0 Å². The normalized spacial score (nSPS) is 10.6. The van der Waals surface area contributed by atoms with Gasteiger partial charge in [0, 0.05) is 12.7 Å². The first-order valence-electron chi connectivity index (χ1n) is 5.89. The van der Waals surface area contributed by atoms with Crippen molar-refractivity contribution in [2.24, 2.45) is 7.05 Å². The molecule has 0 spiro atoms. The van der Waals surface area contributed by atoms with Crippen LogP contribution in [-0.4, -0.2) is 24.3 Å². The summed E-state index contributed by atoms with van der Waals surface area (Å²) >= 11 is 0. The third-order valence-electron chi connectivity index (χ3n) is 2.71. The van der Waals surface area contributed by atoms with Crippen LogP contribution in [-0.2, 0) is 11.8 Å². The number of aromatic nitrogens is 1. The maximum atomic E-state index is 12.1. The summed E-state index contributed by atoms with van der Waals surface area (Å²) in [4.78, 5) is 23.9. The lowest BCUT2D eigenvalue weighted by molar-refractivity contribution is 0.0522. The Balaban J connectivity index is 3.49. The molecule has 0 amide bonds. The van der Waals surface area contributed by atoms with Crippen molar-refractivity contribution in [1.29, 1.82) is 0 Å². The van der Waals surface area contributed by atoms with Gasteiger partial charge in [-0.25, -0.2) is 4.79 Å². The molecule has 0 aliphatic rings. The SMILES string of the molecule is CCOC(=O)c1cc(C(C)C)n(C)c(=O)c1OC. The summed E-state index contributed by atoms with van der Waals surface area (Å²) in [7, 11) is 3.03. The number of methoxy groups -OCH3 is 1. The standard InChI is InChI=1S/C13H19NO4/c1-6-18-13(16)9-7-10(8(2)3)14(4)12(15)11(9)17-5/h7-8H,6H2,1-5H3. The van der Waals surface area contributed by atoms with E-state index in [9.17, 15) is 9.59 Å². The van der Waals surface area contributed by atoms with Crippen LogP contribution in [0.1, 0.15) is 42.7 Å². The molecule has 0 aliphatic heterocycles. The van der Waals surface area contributed by atoms with E-state index in [1.165, 1.54) is 11.7 Å². The Morgan fingerprint density at radius 2 is 2.06 bits per heavy atom. The molecule has 100 valence electrons. The molecular weight excluding hydrogens is 234 g/mol. The van der Waals surface area contributed by atoms with Crippen molar-refractivity contribution in [3.8, 4) is 5.75 Å². The average molecular weight is 253 g/mol. The average Bonchev–Trinajstić information content (AvgIpc) is 2.32. The Labute approximate surface area is 106 Å². The molecule has 0 saturated heterocycles. The second kappa shape index (κ2) is 5.71. The molecule has 1 aromatic rings. The van der Waals surface area contributed by atoms with Crippen molar-refractivity contribution in [3.63, 3.8) is 0 Å². The number of hydrogen-bond acceptors (Lipinski definition) is 4. The second-order valence-electron chi connectivity index (χ2n) is 4.26. The summed E-state index contributed by atoms with van der Waals surface area (Å²) in [6, 6.07) is 1.66. The molecule has 1 aromatic heterocycles. The van der Waals surface area contributed by atoms with Crippen LogP contribution in [0.2, 0.25) is 0 Å². The molecule has 0 atom stereocenters. The molecule has 5 nitrogen and oxygen atoms in total. The zero-order valence-corrected chi connectivity index (χ0v) is 11.4. The third-order valence-corrected chi connectivity index (χ3v) is 2.71. The first-order chi connectivity index (χ1) is 8.43. The second-order valence-corrected chi connectivity index (χ2v) is 4.26. The van der Waals surface area contributed by atoms with Crippen molar-refractivity contribution in [2.45, 2.75) is 26.7 Å². The molecule has 0 fully saturated rings. The molecule has 5 heteroatoms. The molecule has 18 heavy (non-hydrogen) atoms. The summed E-state index contributed by atoms with van der Waals surface area (Å²) in [5.74, 6) is -0.379. The summed E-state index contributed by atoms with van der Waals surface area (Å²) in [6.07, 6.45) is 0. The van der Waals surface area contributed by atoms with Crippen LogP contribution in [0.15, 0.2) is 10.9 Å². The van der Waals surface area contributed by atoms with Gasteiger partial charge in [-0.3, -0.25) is 4.79 Å². The van der Waals surface area contributed by atoms with E-state index in [0.29, 0.717) is 0 Å². The van der Waals surface area contributed by atoms with Crippen molar-refractivity contribution in [3.05, 3.63) is 27.7 Å². The predicted molar refractivity (Wildman–Crippen MR) is 68.3 cm³/mol. The fourth-order valence-corrected chi connectivity index (χ4v) is 1.81. The summed E-state index contributed by atoms with van der Waals surface area (Å²) in [5.41, 5.74) is 0.627. The van der Waals surface area contributed by atoms with E-state index in [1.54, 1.807) is 20.0 Å². The Bertz CT molecular complexity index is 502. The lowest BCUT2D eigenvalue weighted by Crippen LogP contribution is -2.25. The summed E-state index contributed by atoms with van der Waals surface area (Å²) in [6.45, 7) is 5.88. The van der Waals surface area contributed by atoms with E-state index >= 15 is 0 Å². The van der Waals surface area contributed by atoms with E-state index in [2.05, 4.69) is 0 Å². The van der Waals surface area contributed by atoms with Crippen molar-refractivity contribution >= 4 is 5.97 Å². The Morgan fingerprint density at radius 1 is 1.44 bits per heavy atom. The van der Waals surface area contributed by atoms with Gasteiger partial charge in [-0.05, 0) is 18.9 Å². The number of nitrogens with zero attached hydrogens (tertiary/aromatic N) is 1. The fraction of sp³-hybridized carbons (Fsp3) is 0.538. The van der Waals surface area contributed by atoms with Crippen LogP contribution in [0, 0.1) is 0 Å². The van der Waals surface area contributed by atoms with Gasteiger partial charge in [0.1, 0.15) is 5.56 Å². The Hall–Kier alpha value is -1.78. The number of rotatable bonds is 4. The Kier molecular flexibility index (Phi) is 4.53. The first-order valence-corrected chi connectivity index (χ1v) is 5.89. The van der Waals surface area contributed by atoms with Crippen molar-refractivity contribution in [2.75, 3.05) is 13.7 Å². The minimum atomic E-state index is -0.533. The third kappa shape index (κ3) is 2.55. The maximum Gasteiger partial charge on any atom is 0.342 e. The largest absolute Gasteiger partial charge is 0.490 e. The lowest BCUT2D eigenvalue weighted by atomic mass is 10.1. The minimum Gasteiger partial charge on any atom is -0.490 e. The molecule has 0 saturated carbocycles. The fourth-order valence-electron chi connectivity index (χ4n) is 1.81. The smallest absolute Gasteiger partial charge is 0.342 e. The molecule has 1 heterocycles. The number of hydrogen-bond donors (Lipinski definition) is 0. The quantitative estimate of drug-likeness (QED) is 0.766. The topological polar surface area (TPSA) is 57.5 Å². The van der Waals surface area contributed by atoms with Crippen LogP contribution in [0.25, 0.3) is 0 Å². The number of esters is 1. The van der Waals surface area contributed by atoms with Gasteiger partial charge in [0.2, 0.25) is 0 Å². The zero-order chi connectivity index (χ0) is 13.9. The molecular formula is C13H19NO4. The van der Waals surface area contributed by atoms with Gasteiger partial charge in [-0.2, -0.15) is 0 Å². The maximum absolute atomic E-state index is 12.1. The van der Waals surface area contributed by atoms with Gasteiger partial charge in [0.25, 0.3) is 5.56 Å². The molecule has 0 radical (unpaired) electrons. The minimum absolute atomic E-state index is 0.0281. The van der Waals surface area contributed by atoms with Crippen LogP contribution >= 0.6 is 0 Å². The highest BCUT2D eigenvalue weighted by atomic mass is 16.5. The molecule has 0 N–H and O–H groups in total. The number of pyridine rings is 1. The van der Waals surface area contributed by atoms with Gasteiger partial charge in [-0.1, -0.05) is 13.8 Å². The van der Waals surface area contributed by atoms with Gasteiger partial charge in [-0.15, -0.1) is 0 Å². The van der Waals surface area contributed by atoms with E-state index in [4.69, 9.17) is 9.47 Å². The summed E-state index contributed by atoms with van der Waals surface area (Å²) in [5, 5.41) is 0. The van der Waals surface area contributed by atoms with Gasteiger partial charge >= 0.3 is 5.97 Å². The molecule has 0 aromatic carbocycles. The molecule has 0 aliphatic carbocycles.